The Kier molecular flexibility index (Phi) is 3.09. The molecule has 1 saturated carbocycles. The molecule has 2 aliphatic heterocycles. The molecule has 17 heavy (non-hydrogen) atoms. The Morgan fingerprint density at radius 3 is 2.71 bits per heavy atom. The molecule has 0 spiro atoms. The molecule has 1 amide bonds. The molecule has 0 aromatic rings. The standard InChI is InChI=1S/C13H22N2O2/c1-17-10-4-2-8(6-10)15-13(16)11-7-9-3-5-12(11)14-9/h8-12,14H,2-7H2,1H3,(H,15,16). The summed E-state index contributed by atoms with van der Waals surface area (Å²) in [5.74, 6) is 0.488. The third-order valence-corrected chi connectivity index (χ3v) is 4.70. The van der Waals surface area contributed by atoms with Crippen LogP contribution in [0.4, 0.5) is 0 Å². The molecule has 2 saturated heterocycles. The lowest BCUT2D eigenvalue weighted by molar-refractivity contribution is -0.126. The maximum atomic E-state index is 12.2. The van der Waals surface area contributed by atoms with E-state index < -0.39 is 0 Å². The first kappa shape index (κ1) is 11.5. The SMILES string of the molecule is COC1CCC(NC(=O)C2CC3CCC2N3)C1. The van der Waals surface area contributed by atoms with E-state index in [2.05, 4.69) is 10.6 Å². The van der Waals surface area contributed by atoms with Crippen LogP contribution in [0, 0.1) is 5.92 Å². The van der Waals surface area contributed by atoms with Gasteiger partial charge in [0.15, 0.2) is 0 Å². The van der Waals surface area contributed by atoms with E-state index in [1.165, 1.54) is 12.8 Å². The second kappa shape index (κ2) is 4.58. The van der Waals surface area contributed by atoms with Crippen molar-refractivity contribution < 1.29 is 9.53 Å². The summed E-state index contributed by atoms with van der Waals surface area (Å²) in [6.45, 7) is 0. The maximum Gasteiger partial charge on any atom is 0.224 e. The molecular weight excluding hydrogens is 216 g/mol. The second-order valence-corrected chi connectivity index (χ2v) is 5.77. The van der Waals surface area contributed by atoms with E-state index in [-0.39, 0.29) is 11.8 Å². The molecule has 4 nitrogen and oxygen atoms in total. The van der Waals surface area contributed by atoms with Crippen molar-refractivity contribution in [3.05, 3.63) is 0 Å². The Morgan fingerprint density at radius 2 is 2.12 bits per heavy atom. The molecule has 96 valence electrons. The van der Waals surface area contributed by atoms with Gasteiger partial charge >= 0.3 is 0 Å². The Labute approximate surface area is 102 Å². The van der Waals surface area contributed by atoms with Gasteiger partial charge in [-0.25, -0.2) is 0 Å². The molecular formula is C13H22N2O2. The van der Waals surface area contributed by atoms with Crippen molar-refractivity contribution in [1.29, 1.82) is 0 Å². The number of hydrogen-bond acceptors (Lipinski definition) is 3. The van der Waals surface area contributed by atoms with Gasteiger partial charge in [0.1, 0.15) is 0 Å². The number of ether oxygens (including phenoxy) is 1. The number of hydrogen-bond donors (Lipinski definition) is 2. The molecule has 4 heteroatoms. The van der Waals surface area contributed by atoms with Crippen molar-refractivity contribution in [2.24, 2.45) is 5.92 Å². The summed E-state index contributed by atoms with van der Waals surface area (Å²) >= 11 is 0. The Bertz CT molecular complexity index is 308. The molecule has 0 radical (unpaired) electrons. The monoisotopic (exact) mass is 238 g/mol. The van der Waals surface area contributed by atoms with Crippen molar-refractivity contribution in [1.82, 2.24) is 10.6 Å². The van der Waals surface area contributed by atoms with Crippen LogP contribution in [0.15, 0.2) is 0 Å². The molecule has 2 heterocycles. The van der Waals surface area contributed by atoms with E-state index in [0.29, 0.717) is 24.2 Å². The van der Waals surface area contributed by atoms with Gasteiger partial charge in [-0.2, -0.15) is 0 Å². The summed E-state index contributed by atoms with van der Waals surface area (Å²) in [7, 11) is 1.76. The van der Waals surface area contributed by atoms with Crippen molar-refractivity contribution in [3.8, 4) is 0 Å². The summed E-state index contributed by atoms with van der Waals surface area (Å²) in [6.07, 6.45) is 6.94. The third kappa shape index (κ3) is 2.20. The van der Waals surface area contributed by atoms with Crippen LogP contribution in [0.25, 0.3) is 0 Å². The van der Waals surface area contributed by atoms with Crippen LogP contribution in [0.3, 0.4) is 0 Å². The molecule has 3 aliphatic rings. The van der Waals surface area contributed by atoms with Crippen LogP contribution in [-0.2, 0) is 9.53 Å². The Balaban J connectivity index is 1.51. The minimum absolute atomic E-state index is 0.218. The number of carbonyl (C=O) groups excluding carboxylic acids is 1. The van der Waals surface area contributed by atoms with Gasteiger partial charge in [-0.05, 0) is 38.5 Å². The topological polar surface area (TPSA) is 50.4 Å². The van der Waals surface area contributed by atoms with E-state index in [0.717, 1.165) is 25.7 Å². The van der Waals surface area contributed by atoms with Gasteiger partial charge in [0.2, 0.25) is 5.91 Å². The minimum atomic E-state index is 0.218. The zero-order valence-electron chi connectivity index (χ0n) is 10.4. The van der Waals surface area contributed by atoms with Crippen molar-refractivity contribution >= 4 is 5.91 Å². The molecule has 3 rings (SSSR count). The smallest absolute Gasteiger partial charge is 0.224 e. The van der Waals surface area contributed by atoms with Gasteiger partial charge in [-0.1, -0.05) is 0 Å². The van der Waals surface area contributed by atoms with Crippen molar-refractivity contribution in [2.75, 3.05) is 7.11 Å². The summed E-state index contributed by atoms with van der Waals surface area (Å²) in [4.78, 5) is 12.2. The summed E-state index contributed by atoms with van der Waals surface area (Å²) in [5.41, 5.74) is 0. The maximum absolute atomic E-state index is 12.2. The molecule has 3 fully saturated rings. The number of amides is 1. The van der Waals surface area contributed by atoms with E-state index in [1.54, 1.807) is 7.11 Å². The van der Waals surface area contributed by atoms with Crippen LogP contribution < -0.4 is 10.6 Å². The number of nitrogens with one attached hydrogen (secondary N) is 2. The fraction of sp³-hybridized carbons (Fsp3) is 0.923. The highest BCUT2D eigenvalue weighted by Crippen LogP contribution is 2.33. The average molecular weight is 238 g/mol. The van der Waals surface area contributed by atoms with Crippen molar-refractivity contribution in [3.63, 3.8) is 0 Å². The minimum Gasteiger partial charge on any atom is -0.381 e. The van der Waals surface area contributed by atoms with Gasteiger partial charge in [-0.15, -0.1) is 0 Å². The fourth-order valence-corrected chi connectivity index (χ4v) is 3.71. The van der Waals surface area contributed by atoms with Gasteiger partial charge in [0, 0.05) is 25.2 Å². The summed E-state index contributed by atoms with van der Waals surface area (Å²) < 4.78 is 5.33. The number of fused-ring (bicyclic) bond motifs is 2. The quantitative estimate of drug-likeness (QED) is 0.765. The van der Waals surface area contributed by atoms with E-state index in [1.807, 2.05) is 0 Å². The first-order valence-corrected chi connectivity index (χ1v) is 6.85. The summed E-state index contributed by atoms with van der Waals surface area (Å²) in [5, 5.41) is 6.73. The third-order valence-electron chi connectivity index (χ3n) is 4.70. The highest BCUT2D eigenvalue weighted by Gasteiger charge is 2.43. The van der Waals surface area contributed by atoms with Crippen LogP contribution in [0.5, 0.6) is 0 Å². The highest BCUT2D eigenvalue weighted by atomic mass is 16.5. The second-order valence-electron chi connectivity index (χ2n) is 5.77. The number of carbonyl (C=O) groups is 1. The number of methoxy groups -OCH3 is 1. The molecule has 5 atom stereocenters. The lowest BCUT2D eigenvalue weighted by Crippen LogP contribution is -2.42. The largest absolute Gasteiger partial charge is 0.381 e. The number of rotatable bonds is 3. The van der Waals surface area contributed by atoms with Gasteiger partial charge in [0.25, 0.3) is 0 Å². The lowest BCUT2D eigenvalue weighted by Gasteiger charge is -2.22. The predicted molar refractivity (Wildman–Crippen MR) is 64.6 cm³/mol. The molecule has 5 unspecified atom stereocenters. The average Bonchev–Trinajstić information content (AvgIpc) is 3.04. The van der Waals surface area contributed by atoms with E-state index in [4.69, 9.17) is 4.74 Å². The van der Waals surface area contributed by atoms with Crippen LogP contribution in [-0.4, -0.2) is 37.2 Å². The first-order chi connectivity index (χ1) is 8.26. The molecule has 0 aromatic heterocycles. The predicted octanol–water partition coefficient (Wildman–Crippen LogP) is 0.811. The normalized spacial score (nSPS) is 44.2. The van der Waals surface area contributed by atoms with Gasteiger partial charge < -0.3 is 15.4 Å². The van der Waals surface area contributed by atoms with Crippen LogP contribution in [0.2, 0.25) is 0 Å². The van der Waals surface area contributed by atoms with Gasteiger partial charge in [0.05, 0.1) is 12.0 Å². The van der Waals surface area contributed by atoms with E-state index >= 15 is 0 Å². The fourth-order valence-electron chi connectivity index (χ4n) is 3.71. The highest BCUT2D eigenvalue weighted by molar-refractivity contribution is 5.80. The molecule has 0 aromatic carbocycles. The van der Waals surface area contributed by atoms with Crippen molar-refractivity contribution in [2.45, 2.75) is 62.8 Å². The lowest BCUT2D eigenvalue weighted by atomic mass is 9.88. The molecule has 2 N–H and O–H groups in total. The molecule has 2 bridgehead atoms. The molecule has 1 aliphatic carbocycles. The van der Waals surface area contributed by atoms with Crippen LogP contribution in [0.1, 0.15) is 38.5 Å². The van der Waals surface area contributed by atoms with E-state index in [9.17, 15) is 4.79 Å². The van der Waals surface area contributed by atoms with Crippen LogP contribution >= 0.6 is 0 Å². The zero-order chi connectivity index (χ0) is 11.8. The first-order valence-electron chi connectivity index (χ1n) is 6.85. The Morgan fingerprint density at radius 1 is 1.24 bits per heavy atom. The van der Waals surface area contributed by atoms with Gasteiger partial charge in [-0.3, -0.25) is 4.79 Å². The summed E-state index contributed by atoms with van der Waals surface area (Å²) in [6, 6.07) is 1.39. The Hall–Kier alpha value is -0.610. The zero-order valence-corrected chi connectivity index (χ0v) is 10.4.